The summed E-state index contributed by atoms with van der Waals surface area (Å²) in [6.45, 7) is 0. The molecule has 0 saturated heterocycles. The average molecular weight is 364 g/mol. The lowest BCUT2D eigenvalue weighted by Crippen LogP contribution is -2.02. The zero-order valence-electron chi connectivity index (χ0n) is 13.8. The van der Waals surface area contributed by atoms with Crippen molar-refractivity contribution in [3.8, 4) is 40.0 Å². The van der Waals surface area contributed by atoms with Gasteiger partial charge in [-0.15, -0.1) is 0 Å². The molecule has 2 heterocycles. The molecule has 0 unspecified atom stereocenters. The van der Waals surface area contributed by atoms with Gasteiger partial charge in [0.1, 0.15) is 5.82 Å². The van der Waals surface area contributed by atoms with E-state index in [0.29, 0.717) is 22.5 Å². The number of aromatic amines is 2. The zero-order chi connectivity index (χ0) is 18.8. The van der Waals surface area contributed by atoms with Gasteiger partial charge in [0, 0.05) is 6.20 Å². The van der Waals surface area contributed by atoms with Crippen LogP contribution in [0.15, 0.2) is 65.6 Å². The van der Waals surface area contributed by atoms with E-state index < -0.39 is 5.82 Å². The van der Waals surface area contributed by atoms with E-state index in [9.17, 15) is 14.3 Å². The minimum absolute atomic E-state index is 0.00102. The lowest BCUT2D eigenvalue weighted by Gasteiger charge is -2.07. The Hall–Kier alpha value is -3.94. The number of H-pyrrole nitrogens is 2. The predicted molar refractivity (Wildman–Crippen MR) is 96.0 cm³/mol. The molecule has 134 valence electrons. The van der Waals surface area contributed by atoms with Gasteiger partial charge in [-0.25, -0.2) is 9.37 Å². The number of benzene rings is 2. The van der Waals surface area contributed by atoms with Crippen LogP contribution in [-0.4, -0.2) is 25.3 Å². The number of ether oxygens (including phenoxy) is 1. The maximum atomic E-state index is 13.2. The summed E-state index contributed by atoms with van der Waals surface area (Å²) in [5.74, 6) is -0.239. The molecule has 0 saturated carbocycles. The number of hydrogen-bond donors (Lipinski definition) is 3. The fourth-order valence-electron chi connectivity index (χ4n) is 2.61. The maximum absolute atomic E-state index is 13.2. The third-order valence-corrected chi connectivity index (χ3v) is 3.87. The van der Waals surface area contributed by atoms with Crippen LogP contribution in [0.2, 0.25) is 0 Å². The molecule has 0 atom stereocenters. The van der Waals surface area contributed by atoms with Gasteiger partial charge in [-0.3, -0.25) is 15.0 Å². The minimum atomic E-state index is -0.396. The molecule has 0 fully saturated rings. The van der Waals surface area contributed by atoms with Crippen LogP contribution in [0.1, 0.15) is 0 Å². The van der Waals surface area contributed by atoms with E-state index >= 15 is 0 Å². The molecule has 0 aliphatic rings. The van der Waals surface area contributed by atoms with Gasteiger partial charge < -0.3 is 9.84 Å². The number of para-hydroxylation sites is 2. The number of phenols is 1. The van der Waals surface area contributed by atoms with Crippen LogP contribution in [0.5, 0.6) is 17.5 Å². The first-order chi connectivity index (χ1) is 13.1. The van der Waals surface area contributed by atoms with Crippen molar-refractivity contribution < 1.29 is 14.2 Å². The molecule has 4 aromatic rings. The second-order valence-electron chi connectivity index (χ2n) is 5.63. The van der Waals surface area contributed by atoms with Crippen LogP contribution >= 0.6 is 0 Å². The Balaban J connectivity index is 1.74. The third kappa shape index (κ3) is 3.28. The van der Waals surface area contributed by atoms with Gasteiger partial charge in [-0.1, -0.05) is 24.3 Å². The molecule has 0 aliphatic carbocycles. The Morgan fingerprint density at radius 2 is 1.78 bits per heavy atom. The molecule has 0 radical (unpaired) electrons. The Morgan fingerprint density at radius 3 is 2.56 bits per heavy atom. The molecule has 2 aromatic carbocycles. The first-order valence-corrected chi connectivity index (χ1v) is 7.97. The smallest absolute Gasteiger partial charge is 0.322 e. The molecular weight excluding hydrogens is 351 g/mol. The highest BCUT2D eigenvalue weighted by Crippen LogP contribution is 2.30. The van der Waals surface area contributed by atoms with Crippen molar-refractivity contribution in [2.24, 2.45) is 0 Å². The molecule has 3 N–H and O–H groups in total. The highest BCUT2D eigenvalue weighted by molar-refractivity contribution is 5.78. The van der Waals surface area contributed by atoms with Gasteiger partial charge >= 0.3 is 6.01 Å². The molecular formula is C19H13FN4O3. The minimum Gasteiger partial charge on any atom is -0.504 e. The summed E-state index contributed by atoms with van der Waals surface area (Å²) in [5, 5.41) is 15.1. The first-order valence-electron chi connectivity index (χ1n) is 7.97. The Kier molecular flexibility index (Phi) is 4.13. The summed E-state index contributed by atoms with van der Waals surface area (Å²) in [6.07, 6.45) is 1.47. The average Bonchev–Trinajstić information content (AvgIpc) is 3.06. The molecule has 0 amide bonds. The second kappa shape index (κ2) is 6.75. The van der Waals surface area contributed by atoms with Crippen molar-refractivity contribution in [3.63, 3.8) is 0 Å². The largest absolute Gasteiger partial charge is 0.504 e. The van der Waals surface area contributed by atoms with E-state index in [1.807, 2.05) is 0 Å². The van der Waals surface area contributed by atoms with Crippen LogP contribution in [0.4, 0.5) is 4.39 Å². The molecule has 0 aliphatic heterocycles. The number of hydrogen-bond acceptors (Lipinski definition) is 5. The van der Waals surface area contributed by atoms with Crippen LogP contribution in [0.3, 0.4) is 0 Å². The third-order valence-electron chi connectivity index (χ3n) is 3.87. The molecule has 4 rings (SSSR count). The van der Waals surface area contributed by atoms with Crippen molar-refractivity contribution >= 4 is 0 Å². The van der Waals surface area contributed by atoms with Crippen LogP contribution in [0.25, 0.3) is 22.5 Å². The Morgan fingerprint density at radius 1 is 1.00 bits per heavy atom. The molecule has 7 nitrogen and oxygen atoms in total. The van der Waals surface area contributed by atoms with Gasteiger partial charge in [0.25, 0.3) is 5.56 Å². The van der Waals surface area contributed by atoms with Gasteiger partial charge in [0.05, 0.1) is 17.0 Å². The topological polar surface area (TPSA) is 104 Å². The SMILES string of the molecule is O=c1[nH][nH]c(-c2ccnc(Oc3ccccc3O)n2)c1-c1ccc(F)cc1. The van der Waals surface area contributed by atoms with E-state index in [1.54, 1.807) is 24.3 Å². The van der Waals surface area contributed by atoms with Gasteiger partial charge in [0.15, 0.2) is 11.5 Å². The Bertz CT molecular complexity index is 1150. The quantitative estimate of drug-likeness (QED) is 0.514. The van der Waals surface area contributed by atoms with E-state index in [-0.39, 0.29) is 23.1 Å². The highest BCUT2D eigenvalue weighted by atomic mass is 19.1. The number of phenolic OH excluding ortho intramolecular Hbond substituents is 1. The van der Waals surface area contributed by atoms with Gasteiger partial charge in [0.2, 0.25) is 0 Å². The summed E-state index contributed by atoms with van der Waals surface area (Å²) in [7, 11) is 0. The van der Waals surface area contributed by atoms with Crippen molar-refractivity contribution in [1.29, 1.82) is 0 Å². The van der Waals surface area contributed by atoms with E-state index in [0.717, 1.165) is 0 Å². The van der Waals surface area contributed by atoms with E-state index in [1.165, 1.54) is 36.5 Å². The zero-order valence-corrected chi connectivity index (χ0v) is 13.8. The van der Waals surface area contributed by atoms with Crippen LogP contribution in [-0.2, 0) is 0 Å². The summed E-state index contributed by atoms with van der Waals surface area (Å²) in [4.78, 5) is 20.5. The van der Waals surface area contributed by atoms with Crippen LogP contribution in [0, 0.1) is 5.82 Å². The maximum Gasteiger partial charge on any atom is 0.322 e. The highest BCUT2D eigenvalue weighted by Gasteiger charge is 2.16. The molecule has 8 heteroatoms. The fourth-order valence-corrected chi connectivity index (χ4v) is 2.61. The lowest BCUT2D eigenvalue weighted by atomic mass is 10.0. The lowest BCUT2D eigenvalue weighted by molar-refractivity contribution is 0.392. The summed E-state index contributed by atoms with van der Waals surface area (Å²) >= 11 is 0. The van der Waals surface area contributed by atoms with Gasteiger partial charge in [-0.2, -0.15) is 4.98 Å². The summed E-state index contributed by atoms with van der Waals surface area (Å²) < 4.78 is 18.7. The summed E-state index contributed by atoms with van der Waals surface area (Å²) in [6, 6.07) is 13.6. The van der Waals surface area contributed by atoms with E-state index in [4.69, 9.17) is 4.74 Å². The fraction of sp³-hybridized carbons (Fsp3) is 0. The van der Waals surface area contributed by atoms with Gasteiger partial charge in [-0.05, 0) is 35.9 Å². The van der Waals surface area contributed by atoms with Crippen molar-refractivity contribution in [2.75, 3.05) is 0 Å². The van der Waals surface area contributed by atoms with Crippen molar-refractivity contribution in [1.82, 2.24) is 20.2 Å². The number of rotatable bonds is 4. The van der Waals surface area contributed by atoms with Crippen molar-refractivity contribution in [2.45, 2.75) is 0 Å². The monoisotopic (exact) mass is 364 g/mol. The number of aromatic hydroxyl groups is 1. The molecule has 2 aromatic heterocycles. The van der Waals surface area contributed by atoms with E-state index in [2.05, 4.69) is 20.2 Å². The summed E-state index contributed by atoms with van der Waals surface area (Å²) in [5.41, 5.74) is 1.31. The predicted octanol–water partition coefficient (Wildman–Crippen LogP) is 3.46. The number of nitrogens with one attached hydrogen (secondary N) is 2. The molecule has 0 bridgehead atoms. The molecule has 0 spiro atoms. The Labute approximate surface area is 152 Å². The molecule has 27 heavy (non-hydrogen) atoms. The van der Waals surface area contributed by atoms with Crippen LogP contribution < -0.4 is 10.3 Å². The van der Waals surface area contributed by atoms with Crippen molar-refractivity contribution in [3.05, 3.63) is 77.0 Å². The standard InChI is InChI=1S/C19H13FN4O3/c20-12-7-5-11(6-8-12)16-17(23-24-18(16)26)13-9-10-21-19(22-13)27-15-4-2-1-3-14(15)25/h1-10,25H,(H2,23,24,26). The normalized spacial score (nSPS) is 10.7. The number of halogens is 1. The number of aromatic nitrogens is 4. The second-order valence-corrected chi connectivity index (χ2v) is 5.63. The first kappa shape index (κ1) is 16.5. The number of nitrogens with zero attached hydrogens (tertiary/aromatic N) is 2.